The number of carbonyl (C=O) groups is 1. The third-order valence-corrected chi connectivity index (χ3v) is 4.83. The summed E-state index contributed by atoms with van der Waals surface area (Å²) < 4.78 is 0.907. The zero-order valence-corrected chi connectivity index (χ0v) is 14.2. The van der Waals surface area contributed by atoms with E-state index in [-0.39, 0.29) is 11.5 Å². The molecule has 2 aromatic carbocycles. The summed E-state index contributed by atoms with van der Waals surface area (Å²) in [5.41, 5.74) is 1.77. The second kappa shape index (κ2) is 6.15. The summed E-state index contributed by atoms with van der Waals surface area (Å²) in [6.07, 6.45) is 1.20. The van der Waals surface area contributed by atoms with Crippen molar-refractivity contribution in [3.05, 3.63) is 98.3 Å². The van der Waals surface area contributed by atoms with E-state index in [2.05, 4.69) is 4.98 Å². The van der Waals surface area contributed by atoms with E-state index in [1.165, 1.54) is 13.2 Å². The number of aromatic amines is 1. The molecular weight excluding hydrogens is 330 g/mol. The molecule has 0 radical (unpaired) electrons. The van der Waals surface area contributed by atoms with Gasteiger partial charge in [-0.3, -0.25) is 14.2 Å². The van der Waals surface area contributed by atoms with Crippen LogP contribution in [0.5, 0.6) is 0 Å². The van der Waals surface area contributed by atoms with E-state index in [9.17, 15) is 14.4 Å². The van der Waals surface area contributed by atoms with E-state index >= 15 is 0 Å². The first-order chi connectivity index (χ1) is 12.6. The Balaban J connectivity index is 1.79. The molecule has 1 atom stereocenters. The van der Waals surface area contributed by atoms with Crippen LogP contribution < -0.4 is 16.1 Å². The summed E-state index contributed by atoms with van der Waals surface area (Å²) in [5.74, 6) is -0.365. The van der Waals surface area contributed by atoms with Crippen LogP contribution in [0.4, 0.5) is 5.69 Å². The third kappa shape index (κ3) is 2.47. The number of aromatic nitrogens is 2. The summed E-state index contributed by atoms with van der Waals surface area (Å²) in [7, 11) is 1.35. The predicted molar refractivity (Wildman–Crippen MR) is 98.7 cm³/mol. The van der Waals surface area contributed by atoms with Crippen molar-refractivity contribution < 1.29 is 4.79 Å². The fourth-order valence-electron chi connectivity index (χ4n) is 3.43. The largest absolute Gasteiger partial charge is 0.328 e. The minimum atomic E-state index is -0.598. The maximum Gasteiger partial charge on any atom is 0.328 e. The summed E-state index contributed by atoms with van der Waals surface area (Å²) in [6, 6.07) is 17.7. The Kier molecular flexibility index (Phi) is 3.80. The lowest BCUT2D eigenvalue weighted by Gasteiger charge is -2.18. The molecule has 6 heteroatoms. The number of nitrogens with one attached hydrogen (secondary N) is 1. The van der Waals surface area contributed by atoms with Crippen LogP contribution in [0.1, 0.15) is 27.4 Å². The average molecular weight is 347 g/mol. The zero-order valence-electron chi connectivity index (χ0n) is 14.2. The minimum absolute atomic E-state index is 0.0444. The van der Waals surface area contributed by atoms with Gasteiger partial charge in [0.05, 0.1) is 0 Å². The first-order valence-corrected chi connectivity index (χ1v) is 8.32. The highest BCUT2D eigenvalue weighted by atomic mass is 16.2. The highest BCUT2D eigenvalue weighted by Gasteiger charge is 2.34. The van der Waals surface area contributed by atoms with Crippen LogP contribution in [0.15, 0.2) is 70.4 Å². The Morgan fingerprint density at radius 2 is 1.73 bits per heavy atom. The molecule has 3 aromatic rings. The van der Waals surface area contributed by atoms with Crippen molar-refractivity contribution >= 4 is 11.6 Å². The van der Waals surface area contributed by atoms with Gasteiger partial charge in [-0.15, -0.1) is 0 Å². The van der Waals surface area contributed by atoms with Crippen LogP contribution in [0.3, 0.4) is 0 Å². The Hall–Kier alpha value is -3.41. The molecule has 1 aliphatic rings. The molecule has 0 bridgehead atoms. The summed E-state index contributed by atoms with van der Waals surface area (Å²) >= 11 is 0. The highest BCUT2D eigenvalue weighted by Crippen LogP contribution is 2.40. The molecule has 4 rings (SSSR count). The number of anilines is 1. The van der Waals surface area contributed by atoms with Gasteiger partial charge >= 0.3 is 5.69 Å². The van der Waals surface area contributed by atoms with Crippen molar-refractivity contribution in [2.45, 2.75) is 5.92 Å². The van der Waals surface area contributed by atoms with Crippen molar-refractivity contribution in [1.29, 1.82) is 0 Å². The van der Waals surface area contributed by atoms with Crippen molar-refractivity contribution in [1.82, 2.24) is 9.55 Å². The topological polar surface area (TPSA) is 75.2 Å². The molecule has 26 heavy (non-hydrogen) atoms. The van der Waals surface area contributed by atoms with Crippen LogP contribution in [0.25, 0.3) is 0 Å². The summed E-state index contributed by atoms with van der Waals surface area (Å²) in [4.78, 5) is 41.0. The van der Waals surface area contributed by atoms with Gasteiger partial charge in [-0.2, -0.15) is 0 Å². The Labute approximate surface area is 149 Å². The van der Waals surface area contributed by atoms with Crippen LogP contribution >= 0.6 is 0 Å². The van der Waals surface area contributed by atoms with E-state index in [0.717, 1.165) is 21.4 Å². The molecule has 6 nitrogen and oxygen atoms in total. The molecular formula is C20H17N3O3. The fourth-order valence-corrected chi connectivity index (χ4v) is 3.43. The van der Waals surface area contributed by atoms with Gasteiger partial charge in [-0.1, -0.05) is 48.5 Å². The number of nitrogens with zero attached hydrogens (tertiary/aromatic N) is 2. The standard InChI is InChI=1S/C20H17N3O3/c1-22-18(24)15(11-21-20(22)26)19(25)23-12-16(13-7-3-2-4-8-13)14-9-5-6-10-17(14)23/h2-11,16H,12H2,1H3,(H,21,26). The lowest BCUT2D eigenvalue weighted by molar-refractivity contribution is 0.0986. The third-order valence-electron chi connectivity index (χ3n) is 4.83. The van der Waals surface area contributed by atoms with E-state index in [1.807, 2.05) is 54.6 Å². The van der Waals surface area contributed by atoms with Crippen LogP contribution in [-0.2, 0) is 7.05 Å². The Morgan fingerprint density at radius 1 is 1.04 bits per heavy atom. The van der Waals surface area contributed by atoms with E-state index < -0.39 is 17.2 Å². The molecule has 130 valence electrons. The number of carbonyl (C=O) groups excluding carboxylic acids is 1. The van der Waals surface area contributed by atoms with Crippen LogP contribution in [-0.4, -0.2) is 22.0 Å². The average Bonchev–Trinajstić information content (AvgIpc) is 3.06. The maximum absolute atomic E-state index is 13.1. The Morgan fingerprint density at radius 3 is 2.50 bits per heavy atom. The fraction of sp³-hybridized carbons (Fsp3) is 0.150. The van der Waals surface area contributed by atoms with E-state index in [0.29, 0.717) is 6.54 Å². The lowest BCUT2D eigenvalue weighted by atomic mass is 9.93. The molecule has 1 aromatic heterocycles. The molecule has 0 spiro atoms. The van der Waals surface area contributed by atoms with Gasteiger partial charge in [0.1, 0.15) is 5.56 Å². The maximum atomic E-state index is 13.1. The highest BCUT2D eigenvalue weighted by molar-refractivity contribution is 6.07. The molecule has 0 aliphatic carbocycles. The van der Waals surface area contributed by atoms with Crippen molar-refractivity contribution in [3.8, 4) is 0 Å². The number of para-hydroxylation sites is 1. The van der Waals surface area contributed by atoms with Gasteiger partial charge in [0, 0.05) is 31.4 Å². The van der Waals surface area contributed by atoms with Crippen LogP contribution in [0, 0.1) is 0 Å². The van der Waals surface area contributed by atoms with Crippen LogP contribution in [0.2, 0.25) is 0 Å². The summed E-state index contributed by atoms with van der Waals surface area (Å²) in [5, 5.41) is 0. The number of fused-ring (bicyclic) bond motifs is 1. The first kappa shape index (κ1) is 16.1. The smallest absolute Gasteiger partial charge is 0.313 e. The molecule has 1 amide bonds. The molecule has 0 saturated carbocycles. The van der Waals surface area contributed by atoms with Gasteiger partial charge < -0.3 is 9.88 Å². The van der Waals surface area contributed by atoms with Gasteiger partial charge in [-0.05, 0) is 17.2 Å². The van der Waals surface area contributed by atoms with Crippen molar-refractivity contribution in [2.24, 2.45) is 7.05 Å². The molecule has 1 N–H and O–H groups in total. The number of H-pyrrole nitrogens is 1. The predicted octanol–water partition coefficient (Wildman–Crippen LogP) is 1.87. The van der Waals surface area contributed by atoms with Gasteiger partial charge in [0.2, 0.25) is 0 Å². The van der Waals surface area contributed by atoms with Gasteiger partial charge in [0.15, 0.2) is 0 Å². The van der Waals surface area contributed by atoms with E-state index in [4.69, 9.17) is 0 Å². The monoisotopic (exact) mass is 347 g/mol. The number of amides is 1. The molecule has 0 fully saturated rings. The zero-order chi connectivity index (χ0) is 18.3. The Bertz CT molecular complexity index is 1100. The number of hydrogen-bond donors (Lipinski definition) is 1. The lowest BCUT2D eigenvalue weighted by Crippen LogP contribution is -2.40. The molecule has 0 saturated heterocycles. The summed E-state index contributed by atoms with van der Waals surface area (Å²) in [6.45, 7) is 0.449. The van der Waals surface area contributed by atoms with Crippen molar-refractivity contribution in [3.63, 3.8) is 0 Å². The van der Waals surface area contributed by atoms with Gasteiger partial charge in [0.25, 0.3) is 11.5 Å². The second-order valence-corrected chi connectivity index (χ2v) is 6.31. The normalized spacial score (nSPS) is 15.7. The SMILES string of the molecule is Cn1c(=O)[nH]cc(C(=O)N2CC(c3ccccc3)c3ccccc32)c1=O. The van der Waals surface area contributed by atoms with Gasteiger partial charge in [-0.25, -0.2) is 4.79 Å². The van der Waals surface area contributed by atoms with E-state index in [1.54, 1.807) is 4.90 Å². The molecule has 1 unspecified atom stereocenters. The number of benzene rings is 2. The second-order valence-electron chi connectivity index (χ2n) is 6.31. The molecule has 1 aliphatic heterocycles. The van der Waals surface area contributed by atoms with Crippen molar-refractivity contribution in [2.75, 3.05) is 11.4 Å². The number of hydrogen-bond acceptors (Lipinski definition) is 3. The molecule has 2 heterocycles. The first-order valence-electron chi connectivity index (χ1n) is 8.32. The quantitative estimate of drug-likeness (QED) is 0.769. The number of rotatable bonds is 2. The minimum Gasteiger partial charge on any atom is -0.313 e.